The third-order valence-corrected chi connectivity index (χ3v) is 6.16. The van der Waals surface area contributed by atoms with Gasteiger partial charge in [0.1, 0.15) is 0 Å². The van der Waals surface area contributed by atoms with Crippen LogP contribution in [0.1, 0.15) is 11.1 Å². The van der Waals surface area contributed by atoms with Crippen LogP contribution in [0, 0.1) is 43.7 Å². The predicted octanol–water partition coefficient (Wildman–Crippen LogP) is 8.52. The molecule has 6 rings (SSSR count). The van der Waals surface area contributed by atoms with Gasteiger partial charge >= 0.3 is 20.1 Å². The molecule has 3 aromatic carbocycles. The molecule has 41 heavy (non-hydrogen) atoms. The molecule has 3 heterocycles. The Morgan fingerprint density at radius 3 is 1.78 bits per heavy atom. The Morgan fingerprint density at radius 2 is 1.22 bits per heavy atom. The second-order valence-electron chi connectivity index (χ2n) is 9.04. The van der Waals surface area contributed by atoms with Crippen molar-refractivity contribution in [3.05, 3.63) is 150 Å². The molecular formula is C35H24F2IrN3. The standard InChI is InChI=1S/C18H15N2.C17H9F2N.Ir/c1-13-11-14(2)16(18-8-4-6-10-20-18)12-15(13)17-7-3-5-9-19-17;18-13-9-10-14(15(19)11-13)17-8-4-7-16(20-17)12-5-2-1-3-6-12;/h3-11H,1-2H3;1-5,7-9,11H;/q-1;-2;+3. The molecule has 6 aromatic rings. The number of pyridine rings is 3. The van der Waals surface area contributed by atoms with Gasteiger partial charge in [0.2, 0.25) is 0 Å². The molecule has 0 radical (unpaired) electrons. The summed E-state index contributed by atoms with van der Waals surface area (Å²) in [7, 11) is 0. The first-order chi connectivity index (χ1) is 19.5. The van der Waals surface area contributed by atoms with Crippen LogP contribution in [0.4, 0.5) is 8.78 Å². The van der Waals surface area contributed by atoms with Gasteiger partial charge in [-0.25, -0.2) is 0 Å². The van der Waals surface area contributed by atoms with Crippen LogP contribution in [-0.2, 0) is 20.1 Å². The van der Waals surface area contributed by atoms with E-state index in [1.165, 1.54) is 11.1 Å². The van der Waals surface area contributed by atoms with Gasteiger partial charge in [-0.15, -0.1) is 71.3 Å². The maximum Gasteiger partial charge on any atom is 3.00 e. The van der Waals surface area contributed by atoms with Crippen molar-refractivity contribution in [2.75, 3.05) is 0 Å². The van der Waals surface area contributed by atoms with E-state index in [9.17, 15) is 8.78 Å². The monoisotopic (exact) mass is 717 g/mol. The summed E-state index contributed by atoms with van der Waals surface area (Å²) in [5.74, 6) is -1.33. The van der Waals surface area contributed by atoms with E-state index < -0.39 is 11.6 Å². The number of rotatable bonds is 4. The number of aryl methyl sites for hydroxylation is 2. The zero-order valence-corrected chi connectivity index (χ0v) is 24.7. The van der Waals surface area contributed by atoms with Crippen LogP contribution in [0.5, 0.6) is 0 Å². The van der Waals surface area contributed by atoms with Gasteiger partial charge in [0.05, 0.1) is 0 Å². The summed E-state index contributed by atoms with van der Waals surface area (Å²) >= 11 is 0. The molecular weight excluding hydrogens is 693 g/mol. The fourth-order valence-corrected chi connectivity index (χ4v) is 4.26. The SMILES string of the molecule is Cc1cc(C)c(-c2ccccn2)[c-]c1-c1ccccn1.Fc1c[c-]c(-c2cccc(-c3[c-]cccc3)n2)c(F)c1.[Ir+3]. The summed E-state index contributed by atoms with van der Waals surface area (Å²) in [6, 6.07) is 37.7. The molecule has 0 saturated heterocycles. The molecule has 202 valence electrons. The van der Waals surface area contributed by atoms with Crippen LogP contribution < -0.4 is 0 Å². The third-order valence-electron chi connectivity index (χ3n) is 6.16. The molecule has 6 heteroatoms. The van der Waals surface area contributed by atoms with Crippen molar-refractivity contribution >= 4 is 0 Å². The Hall–Kier alpha value is -4.38. The van der Waals surface area contributed by atoms with Crippen molar-refractivity contribution in [1.29, 1.82) is 0 Å². The number of aromatic nitrogens is 3. The number of nitrogens with zero attached hydrogens (tertiary/aromatic N) is 3. The largest absolute Gasteiger partial charge is 3.00 e. The first kappa shape index (κ1) is 29.6. The van der Waals surface area contributed by atoms with Crippen LogP contribution in [0.3, 0.4) is 0 Å². The van der Waals surface area contributed by atoms with E-state index in [4.69, 9.17) is 0 Å². The van der Waals surface area contributed by atoms with E-state index in [0.717, 1.165) is 40.2 Å². The van der Waals surface area contributed by atoms with Crippen molar-refractivity contribution in [2.45, 2.75) is 13.8 Å². The van der Waals surface area contributed by atoms with Crippen molar-refractivity contribution in [3.8, 4) is 45.0 Å². The number of hydrogen-bond acceptors (Lipinski definition) is 3. The fourth-order valence-electron chi connectivity index (χ4n) is 4.26. The van der Waals surface area contributed by atoms with Crippen molar-refractivity contribution in [1.82, 2.24) is 15.0 Å². The smallest absolute Gasteiger partial charge is 0.345 e. The van der Waals surface area contributed by atoms with Gasteiger partial charge in [-0.1, -0.05) is 79.1 Å². The molecule has 3 nitrogen and oxygen atoms in total. The number of benzene rings is 3. The van der Waals surface area contributed by atoms with Crippen LogP contribution in [0.15, 0.2) is 109 Å². The molecule has 0 fully saturated rings. The first-order valence-electron chi connectivity index (χ1n) is 12.7. The molecule has 0 aliphatic rings. The van der Waals surface area contributed by atoms with Crippen LogP contribution >= 0.6 is 0 Å². The van der Waals surface area contributed by atoms with Gasteiger partial charge in [-0.05, 0) is 23.5 Å². The molecule has 0 unspecified atom stereocenters. The van der Waals surface area contributed by atoms with Crippen LogP contribution in [0.25, 0.3) is 45.0 Å². The van der Waals surface area contributed by atoms with Gasteiger partial charge in [0, 0.05) is 35.4 Å². The maximum atomic E-state index is 13.8. The van der Waals surface area contributed by atoms with Gasteiger partial charge in [0.25, 0.3) is 0 Å². The number of hydrogen-bond donors (Lipinski definition) is 0. The molecule has 0 amide bonds. The maximum absolute atomic E-state index is 13.8. The van der Waals surface area contributed by atoms with E-state index in [1.54, 1.807) is 18.2 Å². The molecule has 3 aromatic heterocycles. The molecule has 0 aliphatic heterocycles. The Bertz CT molecular complexity index is 1670. The van der Waals surface area contributed by atoms with Gasteiger partial charge < -0.3 is 4.98 Å². The normalized spacial score (nSPS) is 10.2. The fraction of sp³-hybridized carbons (Fsp3) is 0.0571. The van der Waals surface area contributed by atoms with Crippen LogP contribution in [-0.4, -0.2) is 15.0 Å². The number of halogens is 2. The van der Waals surface area contributed by atoms with E-state index >= 15 is 0 Å². The average Bonchev–Trinajstić information content (AvgIpc) is 2.99. The van der Waals surface area contributed by atoms with Crippen molar-refractivity contribution in [2.24, 2.45) is 0 Å². The van der Waals surface area contributed by atoms with Crippen LogP contribution in [0.2, 0.25) is 0 Å². The molecule has 0 bridgehead atoms. The van der Waals surface area contributed by atoms with E-state index in [0.29, 0.717) is 11.4 Å². The van der Waals surface area contributed by atoms with E-state index in [1.807, 2.05) is 73.1 Å². The quantitative estimate of drug-likeness (QED) is 0.172. The minimum Gasteiger partial charge on any atom is -0.345 e. The van der Waals surface area contributed by atoms with Crippen molar-refractivity contribution in [3.63, 3.8) is 0 Å². The second kappa shape index (κ2) is 13.8. The Kier molecular flexibility index (Phi) is 9.96. The Labute approximate surface area is 252 Å². The van der Waals surface area contributed by atoms with Gasteiger partial charge in [-0.3, -0.25) is 18.7 Å². The summed E-state index contributed by atoms with van der Waals surface area (Å²) < 4.78 is 26.7. The molecule has 0 saturated carbocycles. The van der Waals surface area contributed by atoms with Crippen molar-refractivity contribution < 1.29 is 28.9 Å². The molecule has 0 spiro atoms. The zero-order chi connectivity index (χ0) is 27.9. The van der Waals surface area contributed by atoms with E-state index in [-0.39, 0.29) is 25.7 Å². The third kappa shape index (κ3) is 7.23. The van der Waals surface area contributed by atoms with E-state index in [2.05, 4.69) is 53.1 Å². The molecule has 0 atom stereocenters. The average molecular weight is 717 g/mol. The second-order valence-corrected chi connectivity index (χ2v) is 9.04. The topological polar surface area (TPSA) is 38.7 Å². The van der Waals surface area contributed by atoms with Gasteiger partial charge in [-0.2, -0.15) is 0 Å². The first-order valence-corrected chi connectivity index (χ1v) is 12.7. The molecule has 0 N–H and O–H groups in total. The summed E-state index contributed by atoms with van der Waals surface area (Å²) in [4.78, 5) is 13.2. The summed E-state index contributed by atoms with van der Waals surface area (Å²) in [5.41, 5.74) is 8.40. The Balaban J connectivity index is 0.000000184. The minimum absolute atomic E-state index is 0. The van der Waals surface area contributed by atoms with Gasteiger partial charge in [0.15, 0.2) is 0 Å². The minimum atomic E-state index is -0.674. The predicted molar refractivity (Wildman–Crippen MR) is 154 cm³/mol. The summed E-state index contributed by atoms with van der Waals surface area (Å²) in [5, 5.41) is 0. The zero-order valence-electron chi connectivity index (χ0n) is 22.3. The molecule has 0 aliphatic carbocycles. The summed E-state index contributed by atoms with van der Waals surface area (Å²) in [6.45, 7) is 4.19. The summed E-state index contributed by atoms with van der Waals surface area (Å²) in [6.07, 6.45) is 3.62. The Morgan fingerprint density at radius 1 is 0.610 bits per heavy atom.